The average Bonchev–Trinajstić information content (AvgIpc) is 3.35. The second kappa shape index (κ2) is 9.57. The fourth-order valence-corrected chi connectivity index (χ4v) is 5.27. The Hall–Kier alpha value is -2.48. The van der Waals surface area contributed by atoms with Gasteiger partial charge in [-0.25, -0.2) is 4.98 Å². The number of piperidine rings is 1. The number of carbonyl (C=O) groups excluding carboxylic acids is 1. The third-order valence-corrected chi connectivity index (χ3v) is 7.41. The summed E-state index contributed by atoms with van der Waals surface area (Å²) in [6.07, 6.45) is 10.8. The van der Waals surface area contributed by atoms with Gasteiger partial charge in [-0.1, -0.05) is 31.3 Å². The van der Waals surface area contributed by atoms with Crippen molar-refractivity contribution in [2.24, 2.45) is 5.92 Å². The van der Waals surface area contributed by atoms with Crippen molar-refractivity contribution in [1.82, 2.24) is 24.9 Å². The summed E-state index contributed by atoms with van der Waals surface area (Å²) < 4.78 is 5.38. The summed E-state index contributed by atoms with van der Waals surface area (Å²) in [4.78, 5) is 28.6. The zero-order valence-corrected chi connectivity index (χ0v) is 19.1. The minimum atomic E-state index is -0.161. The Kier molecular flexibility index (Phi) is 6.39. The van der Waals surface area contributed by atoms with Crippen LogP contribution in [0.5, 0.6) is 0 Å². The Balaban J connectivity index is 1.21. The quantitative estimate of drug-likeness (QED) is 0.723. The Morgan fingerprint density at radius 1 is 1.00 bits per heavy atom. The van der Waals surface area contributed by atoms with Crippen LogP contribution in [0, 0.1) is 5.92 Å². The average molecular weight is 439 g/mol. The Labute approximate surface area is 190 Å². The summed E-state index contributed by atoms with van der Waals surface area (Å²) in [5.74, 6) is 2.07. The van der Waals surface area contributed by atoms with Crippen molar-refractivity contribution >= 4 is 11.7 Å². The van der Waals surface area contributed by atoms with Crippen molar-refractivity contribution in [3.8, 4) is 11.4 Å². The van der Waals surface area contributed by atoms with Crippen LogP contribution < -0.4 is 4.90 Å². The van der Waals surface area contributed by atoms with Gasteiger partial charge in [0.15, 0.2) is 0 Å². The molecule has 172 valence electrons. The lowest BCUT2D eigenvalue weighted by Crippen LogP contribution is -2.52. The summed E-state index contributed by atoms with van der Waals surface area (Å²) in [5, 5.41) is 4.10. The number of hydrogen-bond donors (Lipinski definition) is 0. The lowest BCUT2D eigenvalue weighted by Gasteiger charge is -2.40. The minimum Gasteiger partial charge on any atom is -0.357 e. The standard InChI is InChI=1S/C24H34N6O2/c1-18-8-11-29(12-9-18)21-17-19(7-10-25-21)22-26-23(32-27-22)24(31)30-15-13-28(14-16-30)20-5-3-2-4-6-20/h7,10,17-18,20H,2-6,8-9,11-16H2,1H3. The molecule has 32 heavy (non-hydrogen) atoms. The summed E-state index contributed by atoms with van der Waals surface area (Å²) in [6.45, 7) is 7.63. The van der Waals surface area contributed by atoms with Crippen LogP contribution in [-0.4, -0.2) is 76.1 Å². The molecule has 0 radical (unpaired) electrons. The first-order chi connectivity index (χ1) is 15.7. The van der Waals surface area contributed by atoms with Crippen LogP contribution in [0.2, 0.25) is 0 Å². The molecule has 1 aliphatic carbocycles. The van der Waals surface area contributed by atoms with Crippen LogP contribution >= 0.6 is 0 Å². The van der Waals surface area contributed by atoms with E-state index in [1.54, 1.807) is 6.20 Å². The molecule has 3 aliphatic rings. The predicted molar refractivity (Wildman–Crippen MR) is 122 cm³/mol. The van der Waals surface area contributed by atoms with Crippen LogP contribution in [0.25, 0.3) is 11.4 Å². The molecule has 2 aliphatic heterocycles. The lowest BCUT2D eigenvalue weighted by atomic mass is 9.94. The molecule has 8 nitrogen and oxygen atoms in total. The minimum absolute atomic E-state index is 0.0799. The van der Waals surface area contributed by atoms with Gasteiger partial charge in [-0.2, -0.15) is 4.98 Å². The fourth-order valence-electron chi connectivity index (χ4n) is 5.27. The second-order valence-electron chi connectivity index (χ2n) is 9.62. The van der Waals surface area contributed by atoms with E-state index < -0.39 is 0 Å². The predicted octanol–water partition coefficient (Wildman–Crippen LogP) is 3.46. The second-order valence-corrected chi connectivity index (χ2v) is 9.62. The molecule has 1 saturated carbocycles. The number of amides is 1. The van der Waals surface area contributed by atoms with Crippen molar-refractivity contribution in [2.45, 2.75) is 57.9 Å². The van der Waals surface area contributed by atoms with Gasteiger partial charge < -0.3 is 14.3 Å². The Morgan fingerprint density at radius 3 is 2.50 bits per heavy atom. The van der Waals surface area contributed by atoms with Gasteiger partial charge in [0, 0.05) is 57.1 Å². The highest BCUT2D eigenvalue weighted by Crippen LogP contribution is 2.26. The van der Waals surface area contributed by atoms with Crippen LogP contribution in [0.15, 0.2) is 22.9 Å². The smallest absolute Gasteiger partial charge is 0.316 e. The van der Waals surface area contributed by atoms with Crippen LogP contribution in [-0.2, 0) is 0 Å². The molecule has 2 aromatic rings. The van der Waals surface area contributed by atoms with E-state index in [0.717, 1.165) is 56.6 Å². The fraction of sp³-hybridized carbons (Fsp3) is 0.667. The largest absolute Gasteiger partial charge is 0.357 e. The van der Waals surface area contributed by atoms with Gasteiger partial charge in [0.05, 0.1) is 0 Å². The number of piperazine rings is 1. The molecular formula is C24H34N6O2. The summed E-state index contributed by atoms with van der Waals surface area (Å²) in [5.41, 5.74) is 0.832. The topological polar surface area (TPSA) is 78.6 Å². The number of aromatic nitrogens is 3. The summed E-state index contributed by atoms with van der Waals surface area (Å²) in [7, 11) is 0. The van der Waals surface area contributed by atoms with Gasteiger partial charge in [-0.15, -0.1) is 0 Å². The van der Waals surface area contributed by atoms with E-state index in [2.05, 4.69) is 31.8 Å². The van der Waals surface area contributed by atoms with Crippen molar-refractivity contribution in [3.05, 3.63) is 24.2 Å². The van der Waals surface area contributed by atoms with E-state index >= 15 is 0 Å². The summed E-state index contributed by atoms with van der Waals surface area (Å²) >= 11 is 0. The number of hydrogen-bond acceptors (Lipinski definition) is 7. The number of anilines is 1. The highest BCUT2D eigenvalue weighted by atomic mass is 16.5. The molecule has 3 fully saturated rings. The monoisotopic (exact) mass is 438 g/mol. The number of carbonyl (C=O) groups is 1. The van der Waals surface area contributed by atoms with E-state index in [1.807, 2.05) is 17.0 Å². The van der Waals surface area contributed by atoms with Gasteiger partial charge in [-0.05, 0) is 43.7 Å². The van der Waals surface area contributed by atoms with Gasteiger partial charge >= 0.3 is 11.8 Å². The first-order valence-electron chi connectivity index (χ1n) is 12.3. The van der Waals surface area contributed by atoms with E-state index in [1.165, 1.54) is 44.9 Å². The van der Waals surface area contributed by atoms with E-state index in [4.69, 9.17) is 4.52 Å². The molecule has 2 saturated heterocycles. The van der Waals surface area contributed by atoms with Gasteiger partial charge in [0.2, 0.25) is 5.82 Å². The van der Waals surface area contributed by atoms with Gasteiger partial charge in [0.25, 0.3) is 0 Å². The SMILES string of the molecule is CC1CCN(c2cc(-c3noc(C(=O)N4CCN(C5CCCCC5)CC4)n3)ccn2)CC1. The van der Waals surface area contributed by atoms with Gasteiger partial charge in [-0.3, -0.25) is 9.69 Å². The maximum atomic E-state index is 13.0. The van der Waals surface area contributed by atoms with Crippen LogP contribution in [0.4, 0.5) is 5.82 Å². The van der Waals surface area contributed by atoms with E-state index in [-0.39, 0.29) is 11.8 Å². The summed E-state index contributed by atoms with van der Waals surface area (Å²) in [6, 6.07) is 4.57. The molecule has 4 heterocycles. The molecule has 0 bridgehead atoms. The molecule has 8 heteroatoms. The molecule has 0 unspecified atom stereocenters. The number of pyridine rings is 1. The first kappa shape index (κ1) is 21.4. The molecular weight excluding hydrogens is 404 g/mol. The highest BCUT2D eigenvalue weighted by molar-refractivity contribution is 5.90. The van der Waals surface area contributed by atoms with Crippen molar-refractivity contribution in [1.29, 1.82) is 0 Å². The zero-order chi connectivity index (χ0) is 21.9. The Morgan fingerprint density at radius 2 is 1.75 bits per heavy atom. The third-order valence-electron chi connectivity index (χ3n) is 7.41. The third kappa shape index (κ3) is 4.65. The highest BCUT2D eigenvalue weighted by Gasteiger charge is 2.30. The molecule has 5 rings (SSSR count). The van der Waals surface area contributed by atoms with Crippen molar-refractivity contribution < 1.29 is 9.32 Å². The van der Waals surface area contributed by atoms with Gasteiger partial charge in [0.1, 0.15) is 5.82 Å². The molecule has 1 amide bonds. The number of nitrogens with zero attached hydrogens (tertiary/aromatic N) is 6. The molecule has 0 atom stereocenters. The maximum absolute atomic E-state index is 13.0. The molecule has 0 N–H and O–H groups in total. The lowest BCUT2D eigenvalue weighted by molar-refractivity contribution is 0.0483. The van der Waals surface area contributed by atoms with Crippen LogP contribution in [0.1, 0.15) is 62.6 Å². The van der Waals surface area contributed by atoms with Crippen LogP contribution in [0.3, 0.4) is 0 Å². The normalized spacial score (nSPS) is 21.8. The zero-order valence-electron chi connectivity index (χ0n) is 19.1. The maximum Gasteiger partial charge on any atom is 0.316 e. The molecule has 2 aromatic heterocycles. The van der Waals surface area contributed by atoms with E-state index in [0.29, 0.717) is 11.9 Å². The first-order valence-corrected chi connectivity index (χ1v) is 12.3. The molecule has 0 aromatic carbocycles. The van der Waals surface area contributed by atoms with E-state index in [9.17, 15) is 4.79 Å². The molecule has 0 spiro atoms. The van der Waals surface area contributed by atoms with Crippen molar-refractivity contribution in [2.75, 3.05) is 44.2 Å². The Bertz CT molecular complexity index is 909. The number of rotatable bonds is 4. The van der Waals surface area contributed by atoms with Crippen molar-refractivity contribution in [3.63, 3.8) is 0 Å².